The van der Waals surface area contributed by atoms with Gasteiger partial charge in [0.1, 0.15) is 29.4 Å². The number of likely N-dealkylation sites (tertiary alicyclic amines) is 1. The molecule has 156 valence electrons. The van der Waals surface area contributed by atoms with Crippen LogP contribution < -0.4 is 4.74 Å². The van der Waals surface area contributed by atoms with Crippen molar-refractivity contribution < 1.29 is 28.6 Å². The maximum absolute atomic E-state index is 13.0. The van der Waals surface area contributed by atoms with Gasteiger partial charge in [-0.15, -0.1) is 0 Å². The van der Waals surface area contributed by atoms with Gasteiger partial charge in [-0.05, 0) is 55.7 Å². The summed E-state index contributed by atoms with van der Waals surface area (Å²) in [7, 11) is 0. The molecule has 0 bridgehead atoms. The molecule has 1 aromatic carbocycles. The molecule has 0 spiro atoms. The quantitative estimate of drug-likeness (QED) is 0.474. The van der Waals surface area contributed by atoms with Gasteiger partial charge in [-0.1, -0.05) is 0 Å². The molecule has 2 aromatic rings. The molecule has 3 aliphatic rings. The summed E-state index contributed by atoms with van der Waals surface area (Å²) in [5, 5.41) is 11.1. The van der Waals surface area contributed by atoms with Crippen molar-refractivity contribution in [2.75, 3.05) is 13.2 Å². The van der Waals surface area contributed by atoms with Crippen molar-refractivity contribution in [3.8, 4) is 5.75 Å². The van der Waals surface area contributed by atoms with Crippen molar-refractivity contribution in [1.82, 2.24) is 4.90 Å². The molecule has 5 rings (SSSR count). The SMILES string of the molecule is CC1Cc2cc(C(O)=C3C(=O)C(=O)N(CC4CCCO4)C3c3ccco3)ccc2O1. The number of Topliss-reactive ketones (excluding diaryl/α,β-unsaturated/α-hetero) is 1. The third kappa shape index (κ3) is 3.10. The summed E-state index contributed by atoms with van der Waals surface area (Å²) < 4.78 is 17.0. The molecule has 0 saturated carbocycles. The molecule has 1 N–H and O–H groups in total. The molecular weight excluding hydrogens is 386 g/mol. The van der Waals surface area contributed by atoms with E-state index in [2.05, 4.69) is 0 Å². The average molecular weight is 409 g/mol. The maximum atomic E-state index is 13.0. The minimum Gasteiger partial charge on any atom is -0.507 e. The molecule has 4 heterocycles. The summed E-state index contributed by atoms with van der Waals surface area (Å²) >= 11 is 0. The first-order chi connectivity index (χ1) is 14.5. The molecule has 0 radical (unpaired) electrons. The zero-order valence-corrected chi connectivity index (χ0v) is 16.7. The summed E-state index contributed by atoms with van der Waals surface area (Å²) in [5.74, 6) is -0.345. The molecule has 0 aliphatic carbocycles. The number of ketones is 1. The number of hydrogen-bond donors (Lipinski definition) is 1. The fourth-order valence-electron chi connectivity index (χ4n) is 4.54. The largest absolute Gasteiger partial charge is 0.507 e. The highest BCUT2D eigenvalue weighted by atomic mass is 16.5. The van der Waals surface area contributed by atoms with Gasteiger partial charge in [0, 0.05) is 25.1 Å². The molecule has 2 saturated heterocycles. The van der Waals surface area contributed by atoms with Gasteiger partial charge in [0.15, 0.2) is 0 Å². The van der Waals surface area contributed by atoms with Crippen molar-refractivity contribution in [2.24, 2.45) is 0 Å². The third-order valence-electron chi connectivity index (χ3n) is 5.95. The van der Waals surface area contributed by atoms with Crippen LogP contribution in [0.1, 0.15) is 42.7 Å². The molecular formula is C23H23NO6. The Morgan fingerprint density at radius 2 is 2.13 bits per heavy atom. The lowest BCUT2D eigenvalue weighted by Gasteiger charge is -2.25. The zero-order chi connectivity index (χ0) is 20.8. The van der Waals surface area contributed by atoms with E-state index in [9.17, 15) is 14.7 Å². The van der Waals surface area contributed by atoms with E-state index in [4.69, 9.17) is 13.9 Å². The van der Waals surface area contributed by atoms with Gasteiger partial charge in [-0.3, -0.25) is 9.59 Å². The van der Waals surface area contributed by atoms with Crippen LogP contribution in [-0.2, 0) is 20.7 Å². The van der Waals surface area contributed by atoms with E-state index in [1.807, 2.05) is 13.0 Å². The number of amides is 1. The number of aliphatic hydroxyl groups is 1. The number of benzene rings is 1. The summed E-state index contributed by atoms with van der Waals surface area (Å²) in [6, 6.07) is 7.95. The number of furan rings is 1. The summed E-state index contributed by atoms with van der Waals surface area (Å²) in [6.07, 6.45) is 3.92. The number of carbonyl (C=O) groups excluding carboxylic acids is 2. The Morgan fingerprint density at radius 1 is 1.27 bits per heavy atom. The first-order valence-corrected chi connectivity index (χ1v) is 10.3. The lowest BCUT2D eigenvalue weighted by atomic mass is 9.97. The van der Waals surface area contributed by atoms with Crippen LogP contribution in [0.4, 0.5) is 0 Å². The van der Waals surface area contributed by atoms with Crippen molar-refractivity contribution >= 4 is 17.4 Å². The molecule has 7 nitrogen and oxygen atoms in total. The normalized spacial score (nSPS) is 27.5. The van der Waals surface area contributed by atoms with Crippen molar-refractivity contribution in [3.05, 3.63) is 59.1 Å². The summed E-state index contributed by atoms with van der Waals surface area (Å²) in [6.45, 7) is 2.91. The van der Waals surface area contributed by atoms with E-state index >= 15 is 0 Å². The third-order valence-corrected chi connectivity index (χ3v) is 5.95. The highest BCUT2D eigenvalue weighted by molar-refractivity contribution is 6.46. The standard InChI is InChI=1S/C23H23NO6/c1-13-10-15-11-14(6-7-17(15)30-13)21(25)19-20(18-5-3-9-29-18)24(23(27)22(19)26)12-16-4-2-8-28-16/h3,5-7,9,11,13,16,20,25H,2,4,8,10,12H2,1H3. The average Bonchev–Trinajstić information content (AvgIpc) is 3.51. The second kappa shape index (κ2) is 7.32. The Labute approximate surface area is 173 Å². The van der Waals surface area contributed by atoms with Gasteiger partial charge < -0.3 is 23.9 Å². The predicted octanol–water partition coefficient (Wildman–Crippen LogP) is 3.20. The van der Waals surface area contributed by atoms with Gasteiger partial charge >= 0.3 is 0 Å². The number of aliphatic hydroxyl groups excluding tert-OH is 1. The van der Waals surface area contributed by atoms with Crippen LogP contribution in [0.15, 0.2) is 46.6 Å². The zero-order valence-electron chi connectivity index (χ0n) is 16.7. The Hall–Kier alpha value is -3.06. The lowest BCUT2D eigenvalue weighted by Crippen LogP contribution is -2.36. The number of hydrogen-bond acceptors (Lipinski definition) is 6. The van der Waals surface area contributed by atoms with Crippen molar-refractivity contribution in [2.45, 2.75) is 44.4 Å². The fourth-order valence-corrected chi connectivity index (χ4v) is 4.54. The van der Waals surface area contributed by atoms with Gasteiger partial charge in [0.25, 0.3) is 11.7 Å². The lowest BCUT2D eigenvalue weighted by molar-refractivity contribution is -0.141. The Bertz CT molecular complexity index is 1020. The van der Waals surface area contributed by atoms with E-state index in [0.29, 0.717) is 17.9 Å². The summed E-state index contributed by atoms with van der Waals surface area (Å²) in [4.78, 5) is 27.3. The van der Waals surface area contributed by atoms with Crippen LogP contribution in [0.2, 0.25) is 0 Å². The van der Waals surface area contributed by atoms with Crippen LogP contribution in [0, 0.1) is 0 Å². The van der Waals surface area contributed by atoms with Crippen LogP contribution in [0.3, 0.4) is 0 Å². The number of rotatable bonds is 4. The highest BCUT2D eigenvalue weighted by Gasteiger charge is 2.48. The minimum atomic E-state index is -0.785. The van der Waals surface area contributed by atoms with Gasteiger partial charge in [0.05, 0.1) is 17.9 Å². The molecule has 3 unspecified atom stereocenters. The van der Waals surface area contributed by atoms with Gasteiger partial charge in [-0.25, -0.2) is 0 Å². The second-order valence-electron chi connectivity index (χ2n) is 8.06. The number of ether oxygens (including phenoxy) is 2. The van der Waals surface area contributed by atoms with Crippen molar-refractivity contribution in [1.29, 1.82) is 0 Å². The second-order valence-corrected chi connectivity index (χ2v) is 8.06. The molecule has 2 fully saturated rings. The van der Waals surface area contributed by atoms with Gasteiger partial charge in [0.2, 0.25) is 0 Å². The molecule has 7 heteroatoms. The van der Waals surface area contributed by atoms with E-state index < -0.39 is 17.7 Å². The topological polar surface area (TPSA) is 89.2 Å². The molecule has 1 aromatic heterocycles. The van der Waals surface area contributed by atoms with Crippen LogP contribution in [-0.4, -0.2) is 47.1 Å². The Morgan fingerprint density at radius 3 is 2.87 bits per heavy atom. The monoisotopic (exact) mass is 409 g/mol. The Kier molecular flexibility index (Phi) is 4.62. The summed E-state index contributed by atoms with van der Waals surface area (Å²) in [5.41, 5.74) is 1.49. The maximum Gasteiger partial charge on any atom is 0.295 e. The van der Waals surface area contributed by atoms with Crippen molar-refractivity contribution in [3.63, 3.8) is 0 Å². The number of nitrogens with zero attached hydrogens (tertiary/aromatic N) is 1. The number of fused-ring (bicyclic) bond motifs is 1. The van der Waals surface area contributed by atoms with Crippen LogP contribution in [0.5, 0.6) is 5.75 Å². The first-order valence-electron chi connectivity index (χ1n) is 10.3. The molecule has 1 amide bonds. The molecule has 3 atom stereocenters. The number of carbonyl (C=O) groups is 2. The Balaban J connectivity index is 1.57. The fraction of sp³-hybridized carbons (Fsp3) is 0.391. The predicted molar refractivity (Wildman–Crippen MR) is 107 cm³/mol. The minimum absolute atomic E-state index is 0.0415. The smallest absolute Gasteiger partial charge is 0.295 e. The van der Waals surface area contributed by atoms with E-state index in [1.54, 1.807) is 24.3 Å². The van der Waals surface area contributed by atoms with Gasteiger partial charge in [-0.2, -0.15) is 0 Å². The van der Waals surface area contributed by atoms with E-state index in [0.717, 1.165) is 30.6 Å². The highest BCUT2D eigenvalue weighted by Crippen LogP contribution is 2.41. The molecule has 3 aliphatic heterocycles. The van der Waals surface area contributed by atoms with E-state index in [-0.39, 0.29) is 30.1 Å². The van der Waals surface area contributed by atoms with E-state index in [1.165, 1.54) is 11.2 Å². The molecule has 30 heavy (non-hydrogen) atoms. The first kappa shape index (κ1) is 18.9. The van der Waals surface area contributed by atoms with Crippen LogP contribution in [0.25, 0.3) is 5.76 Å². The van der Waals surface area contributed by atoms with Crippen LogP contribution >= 0.6 is 0 Å².